The Bertz CT molecular complexity index is 1460. The molecule has 2 aliphatic heterocycles. The summed E-state index contributed by atoms with van der Waals surface area (Å²) >= 11 is 0. The lowest BCUT2D eigenvalue weighted by molar-refractivity contribution is -0.123. The summed E-state index contributed by atoms with van der Waals surface area (Å²) in [5.74, 6) is 0.0271. The zero-order valence-corrected chi connectivity index (χ0v) is 19.7. The molecule has 2 aliphatic rings. The molecular formula is C26H26N6O2. The standard InChI is InChI=1S/C26H26N6O2/c1-15-21-22(29-30(15)4)24(33)32(18-9-10-19-20(13-18)28-14-27-19)23(21)16-5-7-17(8-6-16)31-12-11-26(2,3)25(31)34/h5-10,13-14,23H,11-12H2,1-4H3,(H,27,28). The Morgan fingerprint density at radius 3 is 2.50 bits per heavy atom. The van der Waals surface area contributed by atoms with Crippen molar-refractivity contribution in [3.05, 3.63) is 71.3 Å². The van der Waals surface area contributed by atoms with Gasteiger partial charge in [-0.3, -0.25) is 19.2 Å². The number of carbonyl (C=O) groups is 2. The van der Waals surface area contributed by atoms with Crippen molar-refractivity contribution in [3.8, 4) is 0 Å². The van der Waals surface area contributed by atoms with E-state index >= 15 is 0 Å². The van der Waals surface area contributed by atoms with E-state index in [-0.39, 0.29) is 23.3 Å². The van der Waals surface area contributed by atoms with Gasteiger partial charge in [-0.2, -0.15) is 5.10 Å². The number of nitrogens with one attached hydrogen (secondary N) is 1. The number of aromatic amines is 1. The number of nitrogens with zero attached hydrogens (tertiary/aromatic N) is 5. The lowest BCUT2D eigenvalue weighted by Gasteiger charge is -2.27. The fraction of sp³-hybridized carbons (Fsp3) is 0.308. The molecule has 0 aliphatic carbocycles. The first-order valence-corrected chi connectivity index (χ1v) is 11.5. The zero-order chi connectivity index (χ0) is 23.8. The van der Waals surface area contributed by atoms with Gasteiger partial charge in [0.15, 0.2) is 5.69 Å². The van der Waals surface area contributed by atoms with Crippen molar-refractivity contribution in [3.63, 3.8) is 0 Å². The molecule has 1 fully saturated rings. The van der Waals surface area contributed by atoms with E-state index in [9.17, 15) is 9.59 Å². The first-order chi connectivity index (χ1) is 16.3. The van der Waals surface area contributed by atoms with E-state index in [0.29, 0.717) is 5.69 Å². The van der Waals surface area contributed by atoms with Crippen LogP contribution in [0, 0.1) is 12.3 Å². The number of anilines is 2. The van der Waals surface area contributed by atoms with Gasteiger partial charge in [0.05, 0.1) is 23.4 Å². The van der Waals surface area contributed by atoms with Gasteiger partial charge in [-0.15, -0.1) is 0 Å². The van der Waals surface area contributed by atoms with Crippen LogP contribution in [0.2, 0.25) is 0 Å². The van der Waals surface area contributed by atoms with Crippen molar-refractivity contribution in [2.24, 2.45) is 12.5 Å². The summed E-state index contributed by atoms with van der Waals surface area (Å²) in [6, 6.07) is 13.5. The summed E-state index contributed by atoms with van der Waals surface area (Å²) in [7, 11) is 1.86. The van der Waals surface area contributed by atoms with E-state index in [2.05, 4.69) is 15.1 Å². The minimum atomic E-state index is -0.333. The van der Waals surface area contributed by atoms with Crippen LogP contribution in [-0.2, 0) is 11.8 Å². The Morgan fingerprint density at radius 2 is 1.79 bits per heavy atom. The number of aromatic nitrogens is 4. The number of rotatable bonds is 3. The molecule has 0 spiro atoms. The lowest BCUT2D eigenvalue weighted by atomic mass is 9.92. The van der Waals surface area contributed by atoms with Crippen molar-refractivity contribution < 1.29 is 9.59 Å². The van der Waals surface area contributed by atoms with Crippen molar-refractivity contribution in [2.45, 2.75) is 33.2 Å². The van der Waals surface area contributed by atoms with Crippen LogP contribution in [0.15, 0.2) is 48.8 Å². The van der Waals surface area contributed by atoms with Crippen molar-refractivity contribution in [1.82, 2.24) is 19.7 Å². The van der Waals surface area contributed by atoms with Crippen LogP contribution in [0.4, 0.5) is 11.4 Å². The molecule has 2 aromatic carbocycles. The Hall–Kier alpha value is -3.94. The average molecular weight is 455 g/mol. The fourth-order valence-electron chi connectivity index (χ4n) is 5.17. The molecular weight excluding hydrogens is 428 g/mol. The summed E-state index contributed by atoms with van der Waals surface area (Å²) in [6.07, 6.45) is 2.49. The van der Waals surface area contributed by atoms with E-state index in [4.69, 9.17) is 0 Å². The van der Waals surface area contributed by atoms with Gasteiger partial charge in [0.25, 0.3) is 5.91 Å². The zero-order valence-electron chi connectivity index (χ0n) is 19.7. The second-order valence-corrected chi connectivity index (χ2v) is 9.84. The SMILES string of the molecule is Cc1c2c(nn1C)C(=O)N(c1ccc3nc[nH]c3c1)C2c1ccc(N2CCC(C)(C)C2=O)cc1. The van der Waals surface area contributed by atoms with Crippen LogP contribution in [0.1, 0.15) is 53.6 Å². The number of amides is 2. The van der Waals surface area contributed by atoms with E-state index in [1.54, 1.807) is 11.0 Å². The van der Waals surface area contributed by atoms with Gasteiger partial charge in [-0.1, -0.05) is 26.0 Å². The van der Waals surface area contributed by atoms with E-state index in [1.807, 2.05) is 80.1 Å². The molecule has 34 heavy (non-hydrogen) atoms. The van der Waals surface area contributed by atoms with Crippen LogP contribution in [0.25, 0.3) is 11.0 Å². The van der Waals surface area contributed by atoms with E-state index in [1.165, 1.54) is 0 Å². The normalized spacial score (nSPS) is 19.5. The number of fused-ring (bicyclic) bond motifs is 2. The quantitative estimate of drug-likeness (QED) is 0.505. The second-order valence-electron chi connectivity index (χ2n) is 9.84. The molecule has 8 nitrogen and oxygen atoms in total. The lowest BCUT2D eigenvalue weighted by Crippen LogP contribution is -2.31. The smallest absolute Gasteiger partial charge is 0.280 e. The third-order valence-electron chi connectivity index (χ3n) is 7.32. The first-order valence-electron chi connectivity index (χ1n) is 11.5. The van der Waals surface area contributed by atoms with Crippen molar-refractivity contribution in [2.75, 3.05) is 16.3 Å². The molecule has 2 amide bonds. The second kappa shape index (κ2) is 7.03. The molecule has 4 heterocycles. The van der Waals surface area contributed by atoms with Gasteiger partial charge in [-0.05, 0) is 49.2 Å². The molecule has 1 atom stereocenters. The highest BCUT2D eigenvalue weighted by Gasteiger charge is 2.43. The summed E-state index contributed by atoms with van der Waals surface area (Å²) in [5, 5.41) is 4.53. The Balaban J connectivity index is 1.44. The number of imidazole rings is 1. The van der Waals surface area contributed by atoms with Crippen LogP contribution in [0.3, 0.4) is 0 Å². The van der Waals surface area contributed by atoms with Crippen molar-refractivity contribution in [1.29, 1.82) is 0 Å². The number of carbonyl (C=O) groups excluding carboxylic acids is 2. The maximum absolute atomic E-state index is 13.6. The molecule has 0 bridgehead atoms. The first kappa shape index (κ1) is 20.7. The van der Waals surface area contributed by atoms with Gasteiger partial charge in [0.2, 0.25) is 5.91 Å². The molecule has 172 valence electrons. The maximum Gasteiger partial charge on any atom is 0.280 e. The van der Waals surface area contributed by atoms with Gasteiger partial charge in [-0.25, -0.2) is 4.98 Å². The van der Waals surface area contributed by atoms with Gasteiger partial charge < -0.3 is 9.88 Å². The molecule has 1 N–H and O–H groups in total. The Morgan fingerprint density at radius 1 is 1.06 bits per heavy atom. The molecule has 8 heteroatoms. The molecule has 6 rings (SSSR count). The van der Waals surface area contributed by atoms with E-state index in [0.717, 1.165) is 52.2 Å². The summed E-state index contributed by atoms with van der Waals surface area (Å²) in [5.41, 5.74) is 6.39. The number of hydrogen-bond acceptors (Lipinski definition) is 4. The predicted octanol–water partition coefficient (Wildman–Crippen LogP) is 4.12. The monoisotopic (exact) mass is 454 g/mol. The summed E-state index contributed by atoms with van der Waals surface area (Å²) < 4.78 is 1.77. The molecule has 2 aromatic heterocycles. The molecule has 4 aromatic rings. The van der Waals surface area contributed by atoms with Crippen LogP contribution < -0.4 is 9.80 Å². The number of hydrogen-bond donors (Lipinski definition) is 1. The third-order valence-corrected chi connectivity index (χ3v) is 7.32. The third kappa shape index (κ3) is 2.84. The van der Waals surface area contributed by atoms with Gasteiger partial charge in [0.1, 0.15) is 0 Å². The van der Waals surface area contributed by atoms with Crippen LogP contribution in [0.5, 0.6) is 0 Å². The van der Waals surface area contributed by atoms with Crippen LogP contribution in [-0.4, -0.2) is 38.1 Å². The highest BCUT2D eigenvalue weighted by Crippen LogP contribution is 2.44. The summed E-state index contributed by atoms with van der Waals surface area (Å²) in [4.78, 5) is 37.5. The predicted molar refractivity (Wildman–Crippen MR) is 130 cm³/mol. The highest BCUT2D eigenvalue weighted by molar-refractivity contribution is 6.11. The minimum absolute atomic E-state index is 0.122. The molecule has 1 saturated heterocycles. The molecule has 0 saturated carbocycles. The Kier molecular flexibility index (Phi) is 4.27. The van der Waals surface area contributed by atoms with Crippen LogP contribution >= 0.6 is 0 Å². The Labute approximate surface area is 197 Å². The fourth-order valence-corrected chi connectivity index (χ4v) is 5.17. The number of H-pyrrole nitrogens is 1. The highest BCUT2D eigenvalue weighted by atomic mass is 16.2. The maximum atomic E-state index is 13.6. The minimum Gasteiger partial charge on any atom is -0.345 e. The largest absolute Gasteiger partial charge is 0.345 e. The molecule has 0 radical (unpaired) electrons. The van der Waals surface area contributed by atoms with Gasteiger partial charge in [0, 0.05) is 41.6 Å². The molecule has 1 unspecified atom stereocenters. The summed E-state index contributed by atoms with van der Waals surface area (Å²) in [6.45, 7) is 6.70. The van der Waals surface area contributed by atoms with Crippen molar-refractivity contribution >= 4 is 34.2 Å². The number of aryl methyl sites for hydroxylation is 1. The average Bonchev–Trinajstić information content (AvgIpc) is 3.54. The number of benzene rings is 2. The van der Waals surface area contributed by atoms with Gasteiger partial charge >= 0.3 is 0 Å². The topological polar surface area (TPSA) is 87.1 Å². The van der Waals surface area contributed by atoms with E-state index < -0.39 is 0 Å².